The number of imidazole rings is 3. The highest BCUT2D eigenvalue weighted by atomic mass is 15.0. The Labute approximate surface area is 813 Å². The number of nitrogens with zero attached hydrogens (tertiary/aromatic N) is 12. The quantitative estimate of drug-likeness (QED) is 0.0921. The molecule has 141 heavy (non-hydrogen) atoms. The SMILES string of the molecule is c1ccc(-c2c(-c3ccc(-c4nc(-c5cc6ccccc6c6ccccc56)cc(-c5cc6ccccc6c6ccccc56)n4)cc3)nc3ccccn23)cc1.c1ccc(-c2c(-c3ccc(-c4nc(-c5ccc6ccccc6c5)cc(-c5ccc6ccccc6c5)n4)cc3)nc3ccccn23)cc1.c1ccc(-c2cc(-c3ccccc3)nc(-c3ccc(-c4nc5ccccn5c4-c4ccccc4)cc3)n2)cc1. The van der Waals surface area contributed by atoms with Gasteiger partial charge in [-0.1, -0.05) is 413 Å². The van der Waals surface area contributed by atoms with Crippen molar-refractivity contribution in [1.29, 1.82) is 0 Å². The van der Waals surface area contributed by atoms with E-state index in [0.717, 1.165) is 179 Å². The highest BCUT2D eigenvalue weighted by Gasteiger charge is 2.25. The molecule has 660 valence electrons. The molecular formula is C129H84N12. The van der Waals surface area contributed by atoms with Crippen molar-refractivity contribution in [3.05, 3.63) is 510 Å². The van der Waals surface area contributed by atoms with Crippen molar-refractivity contribution in [3.63, 3.8) is 0 Å². The van der Waals surface area contributed by atoms with Crippen LogP contribution in [0.4, 0.5) is 0 Å². The Balaban J connectivity index is 0.000000113. The molecule has 9 aromatic heterocycles. The molecule has 9 heterocycles. The molecule has 0 spiro atoms. The molecule has 0 atom stereocenters. The number of benzene rings is 18. The van der Waals surface area contributed by atoms with Crippen LogP contribution in [0, 0.1) is 0 Å². The van der Waals surface area contributed by atoms with Gasteiger partial charge < -0.3 is 0 Å². The zero-order chi connectivity index (χ0) is 93.5. The maximum absolute atomic E-state index is 5.37. The molecule has 0 aliphatic rings. The van der Waals surface area contributed by atoms with E-state index < -0.39 is 0 Å². The zero-order valence-electron chi connectivity index (χ0n) is 76.4. The second-order valence-corrected chi connectivity index (χ2v) is 35.2. The second-order valence-electron chi connectivity index (χ2n) is 35.2. The standard InChI is InChI=1S/C51H32N4.C43H28N4.C35H24N4/c1-2-14-34(15-3-1)50-49(54-48-24-12-13-29-55(48)50)33-25-27-35(28-26-33)51-52-46(44-30-36-16-4-6-18-38(36)40-20-8-10-22-42(40)44)32-47(53-51)45-31-37-17-5-7-19-39(37)41-21-9-11-23-43(41)45;1-2-12-32(13-3-1)42-41(46-40-16-8-9-25-47(40)42)31-19-21-33(22-20-31)43-44-38(36-23-17-29-10-4-6-14-34(29)26-36)28-39(45-43)37-24-18-30-11-5-7-15-35(30)27-37;1-4-12-25(13-5-1)30-24-31(26-14-6-2-7-15-26)37-35(36-30)29-21-19-27(20-22-29)33-34(28-16-8-3-9-17-28)39-23-11-10-18-32(39)38-33/h1-32H;1-28H;1-24H. The minimum absolute atomic E-state index is 0.673. The normalized spacial score (nSPS) is 11.4. The molecule has 0 saturated heterocycles. The van der Waals surface area contributed by atoms with E-state index >= 15 is 0 Å². The lowest BCUT2D eigenvalue weighted by molar-refractivity contribution is 1.18. The summed E-state index contributed by atoms with van der Waals surface area (Å²) in [7, 11) is 0. The lowest BCUT2D eigenvalue weighted by atomic mass is 9.93. The van der Waals surface area contributed by atoms with Crippen LogP contribution in [0.5, 0.6) is 0 Å². The first kappa shape index (κ1) is 83.6. The van der Waals surface area contributed by atoms with E-state index in [-0.39, 0.29) is 0 Å². The lowest BCUT2D eigenvalue weighted by Gasteiger charge is -2.15. The molecule has 0 saturated carbocycles. The highest BCUT2D eigenvalue weighted by molar-refractivity contribution is 6.16. The van der Waals surface area contributed by atoms with Crippen molar-refractivity contribution < 1.29 is 0 Å². The van der Waals surface area contributed by atoms with Gasteiger partial charge in [0.1, 0.15) is 16.9 Å². The second kappa shape index (κ2) is 36.6. The van der Waals surface area contributed by atoms with Gasteiger partial charge in [-0.2, -0.15) is 0 Å². The summed E-state index contributed by atoms with van der Waals surface area (Å²) in [6.45, 7) is 0. The molecule has 0 N–H and O–H groups in total. The molecule has 27 aromatic rings. The molecule has 12 nitrogen and oxygen atoms in total. The van der Waals surface area contributed by atoms with Crippen LogP contribution in [0.25, 0.3) is 251 Å². The summed E-state index contributed by atoms with van der Waals surface area (Å²) in [6.07, 6.45) is 6.22. The Morgan fingerprint density at radius 2 is 0.376 bits per heavy atom. The van der Waals surface area contributed by atoms with Crippen LogP contribution in [-0.4, -0.2) is 58.1 Å². The molecule has 0 fully saturated rings. The van der Waals surface area contributed by atoms with Gasteiger partial charge in [-0.05, 0) is 143 Å². The molecule has 27 rings (SSSR count). The van der Waals surface area contributed by atoms with Crippen molar-refractivity contribution in [1.82, 2.24) is 58.1 Å². The van der Waals surface area contributed by atoms with Crippen molar-refractivity contribution >= 4 is 81.6 Å². The minimum atomic E-state index is 0.673. The molecule has 0 aliphatic carbocycles. The molecule has 0 amide bonds. The van der Waals surface area contributed by atoms with Crippen LogP contribution in [-0.2, 0) is 0 Å². The van der Waals surface area contributed by atoms with Gasteiger partial charge in [0.05, 0.1) is 68.3 Å². The van der Waals surface area contributed by atoms with Gasteiger partial charge >= 0.3 is 0 Å². The smallest absolute Gasteiger partial charge is 0.160 e. The number of aromatic nitrogens is 12. The monoisotopic (exact) mass is 1800 g/mol. The maximum Gasteiger partial charge on any atom is 0.160 e. The summed E-state index contributed by atoms with van der Waals surface area (Å²) >= 11 is 0. The molecule has 0 bridgehead atoms. The van der Waals surface area contributed by atoms with E-state index in [0.29, 0.717) is 17.5 Å². The van der Waals surface area contributed by atoms with Crippen LogP contribution in [0.15, 0.2) is 510 Å². The summed E-state index contributed by atoms with van der Waals surface area (Å²) in [5, 5.41) is 14.3. The number of hydrogen-bond acceptors (Lipinski definition) is 9. The van der Waals surface area contributed by atoms with Gasteiger partial charge in [-0.25, -0.2) is 44.9 Å². The van der Waals surface area contributed by atoms with Gasteiger partial charge in [0.15, 0.2) is 17.5 Å². The Hall–Kier alpha value is -19.2. The molecule has 0 unspecified atom stereocenters. The van der Waals surface area contributed by atoms with E-state index in [4.69, 9.17) is 44.9 Å². The molecule has 12 heteroatoms. The van der Waals surface area contributed by atoms with E-state index in [1.54, 1.807) is 0 Å². The largest absolute Gasteiger partial charge is 0.299 e. The van der Waals surface area contributed by atoms with Crippen LogP contribution in [0.1, 0.15) is 0 Å². The molecule has 18 aromatic carbocycles. The van der Waals surface area contributed by atoms with Crippen molar-refractivity contribution in [2.24, 2.45) is 0 Å². The summed E-state index contributed by atoms with van der Waals surface area (Å²) in [4.78, 5) is 46.1. The van der Waals surface area contributed by atoms with Gasteiger partial charge in [-0.3, -0.25) is 13.2 Å². The number of pyridine rings is 3. The lowest BCUT2D eigenvalue weighted by Crippen LogP contribution is -1.97. The minimum Gasteiger partial charge on any atom is -0.299 e. The fourth-order valence-electron chi connectivity index (χ4n) is 19.6. The molecule has 0 aliphatic heterocycles. The third-order valence-corrected chi connectivity index (χ3v) is 26.5. The fourth-order valence-corrected chi connectivity index (χ4v) is 19.6. The first-order valence-electron chi connectivity index (χ1n) is 47.4. The first-order valence-corrected chi connectivity index (χ1v) is 47.4. The van der Waals surface area contributed by atoms with Crippen LogP contribution >= 0.6 is 0 Å². The summed E-state index contributed by atoms with van der Waals surface area (Å²) < 4.78 is 6.47. The Morgan fingerprint density at radius 3 is 0.709 bits per heavy atom. The van der Waals surface area contributed by atoms with E-state index in [9.17, 15) is 0 Å². The first-order chi connectivity index (χ1) is 69.9. The maximum atomic E-state index is 5.37. The number of hydrogen-bond donors (Lipinski definition) is 0. The van der Waals surface area contributed by atoms with Crippen molar-refractivity contribution in [3.8, 4) is 169 Å². The van der Waals surface area contributed by atoms with Crippen LogP contribution in [0.2, 0.25) is 0 Å². The predicted octanol–water partition coefficient (Wildman–Crippen LogP) is 32.3. The third kappa shape index (κ3) is 16.3. The van der Waals surface area contributed by atoms with E-state index in [1.165, 1.54) is 53.9 Å². The van der Waals surface area contributed by atoms with Crippen LogP contribution < -0.4 is 0 Å². The average molecular weight is 1800 g/mol. The number of rotatable bonds is 15. The fraction of sp³-hybridized carbons (Fsp3) is 0. The number of fused-ring (bicyclic) bond motifs is 11. The molecule has 0 radical (unpaired) electrons. The summed E-state index contributed by atoms with van der Waals surface area (Å²) in [5.41, 5.74) is 29.8. The van der Waals surface area contributed by atoms with Gasteiger partial charge in [0, 0.05) is 102 Å². The summed E-state index contributed by atoms with van der Waals surface area (Å²) in [6, 6.07) is 171. The van der Waals surface area contributed by atoms with Gasteiger partial charge in [0.25, 0.3) is 0 Å². The topological polar surface area (TPSA) is 129 Å². The predicted molar refractivity (Wildman–Crippen MR) is 579 cm³/mol. The van der Waals surface area contributed by atoms with Crippen molar-refractivity contribution in [2.45, 2.75) is 0 Å². The Kier molecular flexibility index (Phi) is 21.7. The Bertz CT molecular complexity index is 9100. The van der Waals surface area contributed by atoms with Gasteiger partial charge in [0.2, 0.25) is 0 Å². The Morgan fingerprint density at radius 1 is 0.135 bits per heavy atom. The van der Waals surface area contributed by atoms with E-state index in [1.807, 2.05) is 103 Å². The third-order valence-electron chi connectivity index (χ3n) is 26.5. The van der Waals surface area contributed by atoms with E-state index in [2.05, 4.69) is 420 Å². The average Bonchev–Trinajstić information content (AvgIpc) is 1.69. The molecular weight excluding hydrogens is 1720 g/mol. The summed E-state index contributed by atoms with van der Waals surface area (Å²) in [5.74, 6) is 2.05. The van der Waals surface area contributed by atoms with Crippen LogP contribution in [0.3, 0.4) is 0 Å². The van der Waals surface area contributed by atoms with Crippen molar-refractivity contribution in [2.75, 3.05) is 0 Å². The zero-order valence-corrected chi connectivity index (χ0v) is 76.4. The van der Waals surface area contributed by atoms with Gasteiger partial charge in [-0.15, -0.1) is 0 Å². The highest BCUT2D eigenvalue weighted by Crippen LogP contribution is 2.44.